The summed E-state index contributed by atoms with van der Waals surface area (Å²) in [6.07, 6.45) is 3.42. The van der Waals surface area contributed by atoms with Crippen LogP contribution in [0.25, 0.3) is 0 Å². The quantitative estimate of drug-likeness (QED) is 0.802. The number of nitrogens with zero attached hydrogens (tertiary/aromatic N) is 2. The molecule has 1 saturated heterocycles. The molecule has 0 amide bonds. The number of rotatable bonds is 3. The van der Waals surface area contributed by atoms with Crippen molar-refractivity contribution in [1.82, 2.24) is 9.88 Å². The van der Waals surface area contributed by atoms with Crippen molar-refractivity contribution in [2.75, 3.05) is 20.1 Å². The van der Waals surface area contributed by atoms with Gasteiger partial charge in [0.25, 0.3) is 0 Å². The van der Waals surface area contributed by atoms with Crippen LogP contribution >= 0.6 is 0 Å². The summed E-state index contributed by atoms with van der Waals surface area (Å²) in [7, 11) is 2.08. The lowest BCUT2D eigenvalue weighted by atomic mass is 10.1. The Bertz CT molecular complexity index is 414. The Morgan fingerprint density at radius 3 is 2.94 bits per heavy atom. The zero-order valence-corrected chi connectivity index (χ0v) is 10.6. The summed E-state index contributed by atoms with van der Waals surface area (Å²) in [5.41, 5.74) is 6.73. The Morgan fingerprint density at radius 1 is 1.56 bits per heavy atom. The molecule has 0 unspecified atom stereocenters. The number of hydrogen-bond donors (Lipinski definition) is 1. The molecule has 0 radical (unpaired) electrons. The lowest BCUT2D eigenvalue weighted by Crippen LogP contribution is -2.35. The number of carbonyl (C=O) groups is 1. The molecule has 0 saturated carbocycles. The van der Waals surface area contributed by atoms with Gasteiger partial charge in [-0.25, -0.2) is 4.79 Å². The molecule has 0 atom stereocenters. The molecule has 0 aromatic carbocycles. The maximum absolute atomic E-state index is 12.0. The molecule has 98 valence electrons. The molecule has 18 heavy (non-hydrogen) atoms. The van der Waals surface area contributed by atoms with E-state index in [-0.39, 0.29) is 12.1 Å². The highest BCUT2D eigenvalue weighted by molar-refractivity contribution is 5.89. The van der Waals surface area contributed by atoms with Crippen molar-refractivity contribution in [3.8, 4) is 0 Å². The molecule has 2 rings (SSSR count). The van der Waals surface area contributed by atoms with E-state index in [0.717, 1.165) is 25.9 Å². The van der Waals surface area contributed by atoms with Crippen molar-refractivity contribution in [3.05, 3.63) is 29.6 Å². The van der Waals surface area contributed by atoms with Crippen LogP contribution < -0.4 is 5.73 Å². The number of likely N-dealkylation sites (tertiary alicyclic amines) is 1. The minimum Gasteiger partial charge on any atom is -0.459 e. The second kappa shape index (κ2) is 5.93. The molecule has 1 aliphatic rings. The van der Waals surface area contributed by atoms with E-state index in [0.29, 0.717) is 17.8 Å². The number of ether oxygens (including phenoxy) is 1. The van der Waals surface area contributed by atoms with Crippen molar-refractivity contribution in [1.29, 1.82) is 0 Å². The Hall–Kier alpha value is -1.46. The fraction of sp³-hybridized carbons (Fsp3) is 0.538. The molecule has 5 nitrogen and oxygen atoms in total. The third-order valence-corrected chi connectivity index (χ3v) is 3.20. The third kappa shape index (κ3) is 3.27. The Morgan fingerprint density at radius 2 is 2.28 bits per heavy atom. The van der Waals surface area contributed by atoms with Crippen LogP contribution in [0.2, 0.25) is 0 Å². The molecule has 0 aliphatic carbocycles. The number of piperidine rings is 1. The van der Waals surface area contributed by atoms with E-state index in [1.54, 1.807) is 18.3 Å². The van der Waals surface area contributed by atoms with Gasteiger partial charge in [-0.2, -0.15) is 0 Å². The van der Waals surface area contributed by atoms with Crippen LogP contribution in [-0.4, -0.2) is 42.1 Å². The molecular formula is C13H19N3O2. The maximum Gasteiger partial charge on any atom is 0.338 e. The first-order valence-electron chi connectivity index (χ1n) is 6.23. The summed E-state index contributed by atoms with van der Waals surface area (Å²) in [5, 5.41) is 0. The fourth-order valence-electron chi connectivity index (χ4n) is 2.04. The molecule has 1 fully saturated rings. The number of nitrogens with two attached hydrogens (primary N) is 1. The van der Waals surface area contributed by atoms with Gasteiger partial charge in [0.1, 0.15) is 6.10 Å². The van der Waals surface area contributed by atoms with Crippen LogP contribution in [0.5, 0.6) is 0 Å². The van der Waals surface area contributed by atoms with E-state index in [1.165, 1.54) is 0 Å². The molecular weight excluding hydrogens is 230 g/mol. The molecule has 1 aromatic rings. The van der Waals surface area contributed by atoms with Crippen LogP contribution in [0.15, 0.2) is 18.3 Å². The SMILES string of the molecule is CN1CCC(OC(=O)c2ccnc(CN)c2)CC1. The topological polar surface area (TPSA) is 68.5 Å². The van der Waals surface area contributed by atoms with Crippen LogP contribution in [0.3, 0.4) is 0 Å². The monoisotopic (exact) mass is 249 g/mol. The first kappa shape index (κ1) is 13.0. The second-order valence-electron chi connectivity index (χ2n) is 4.65. The van der Waals surface area contributed by atoms with Gasteiger partial charge in [-0.1, -0.05) is 0 Å². The minimum atomic E-state index is -0.276. The number of hydrogen-bond acceptors (Lipinski definition) is 5. The predicted octanol–water partition coefficient (Wildman–Crippen LogP) is 0.791. The summed E-state index contributed by atoms with van der Waals surface area (Å²) in [6.45, 7) is 2.28. The lowest BCUT2D eigenvalue weighted by Gasteiger charge is -2.28. The number of aromatic nitrogens is 1. The first-order valence-corrected chi connectivity index (χ1v) is 6.23. The maximum atomic E-state index is 12.0. The molecule has 0 bridgehead atoms. The molecule has 2 N–H and O–H groups in total. The zero-order chi connectivity index (χ0) is 13.0. The van der Waals surface area contributed by atoms with Gasteiger partial charge in [-0.05, 0) is 32.0 Å². The summed E-state index contributed by atoms with van der Waals surface area (Å²) in [6, 6.07) is 3.35. The van der Waals surface area contributed by atoms with E-state index in [1.807, 2.05) is 0 Å². The summed E-state index contributed by atoms with van der Waals surface area (Å²) < 4.78 is 5.49. The normalized spacial score (nSPS) is 17.7. The number of carbonyl (C=O) groups excluding carboxylic acids is 1. The fourth-order valence-corrected chi connectivity index (χ4v) is 2.04. The Kier molecular flexibility index (Phi) is 4.28. The predicted molar refractivity (Wildman–Crippen MR) is 68.1 cm³/mol. The van der Waals surface area contributed by atoms with Crippen molar-refractivity contribution < 1.29 is 9.53 Å². The third-order valence-electron chi connectivity index (χ3n) is 3.20. The molecule has 1 aromatic heterocycles. The van der Waals surface area contributed by atoms with Crippen LogP contribution in [0, 0.1) is 0 Å². The van der Waals surface area contributed by atoms with E-state index < -0.39 is 0 Å². The van der Waals surface area contributed by atoms with Gasteiger partial charge in [0.2, 0.25) is 0 Å². The Balaban J connectivity index is 1.94. The summed E-state index contributed by atoms with van der Waals surface area (Å²) in [4.78, 5) is 18.3. The van der Waals surface area contributed by atoms with E-state index in [9.17, 15) is 4.79 Å². The van der Waals surface area contributed by atoms with Crippen molar-refractivity contribution in [2.45, 2.75) is 25.5 Å². The Labute approximate surface area is 107 Å². The largest absolute Gasteiger partial charge is 0.459 e. The lowest BCUT2D eigenvalue weighted by molar-refractivity contribution is 0.0139. The van der Waals surface area contributed by atoms with Gasteiger partial charge in [0.15, 0.2) is 0 Å². The van der Waals surface area contributed by atoms with E-state index in [2.05, 4.69) is 16.9 Å². The van der Waals surface area contributed by atoms with Crippen molar-refractivity contribution >= 4 is 5.97 Å². The molecule has 0 spiro atoms. The van der Waals surface area contributed by atoms with Gasteiger partial charge >= 0.3 is 5.97 Å². The second-order valence-corrected chi connectivity index (χ2v) is 4.65. The van der Waals surface area contributed by atoms with Crippen molar-refractivity contribution in [3.63, 3.8) is 0 Å². The van der Waals surface area contributed by atoms with Crippen LogP contribution in [0.4, 0.5) is 0 Å². The molecule has 5 heteroatoms. The van der Waals surface area contributed by atoms with Crippen LogP contribution in [-0.2, 0) is 11.3 Å². The van der Waals surface area contributed by atoms with Gasteiger partial charge in [0.05, 0.1) is 11.3 Å². The minimum absolute atomic E-state index is 0.0307. The smallest absolute Gasteiger partial charge is 0.338 e. The van der Waals surface area contributed by atoms with Gasteiger partial charge in [-0.15, -0.1) is 0 Å². The average Bonchev–Trinajstić information content (AvgIpc) is 2.41. The first-order chi connectivity index (χ1) is 8.69. The highest BCUT2D eigenvalue weighted by Crippen LogP contribution is 2.14. The van der Waals surface area contributed by atoms with Gasteiger partial charge < -0.3 is 15.4 Å². The number of pyridine rings is 1. The highest BCUT2D eigenvalue weighted by atomic mass is 16.5. The highest BCUT2D eigenvalue weighted by Gasteiger charge is 2.21. The van der Waals surface area contributed by atoms with E-state index >= 15 is 0 Å². The average molecular weight is 249 g/mol. The van der Waals surface area contributed by atoms with Crippen LogP contribution in [0.1, 0.15) is 28.9 Å². The summed E-state index contributed by atoms with van der Waals surface area (Å²) in [5.74, 6) is -0.276. The standard InChI is InChI=1S/C13H19N3O2/c1-16-6-3-12(4-7-16)18-13(17)10-2-5-15-11(8-10)9-14/h2,5,8,12H,3-4,6-7,9,14H2,1H3. The van der Waals surface area contributed by atoms with Gasteiger partial charge in [0, 0.05) is 25.8 Å². The molecule has 2 heterocycles. The molecule has 1 aliphatic heterocycles. The summed E-state index contributed by atoms with van der Waals surface area (Å²) >= 11 is 0. The number of esters is 1. The zero-order valence-electron chi connectivity index (χ0n) is 10.6. The van der Waals surface area contributed by atoms with Crippen molar-refractivity contribution in [2.24, 2.45) is 5.73 Å². The van der Waals surface area contributed by atoms with Gasteiger partial charge in [-0.3, -0.25) is 4.98 Å². The van der Waals surface area contributed by atoms with E-state index in [4.69, 9.17) is 10.5 Å².